The Kier molecular flexibility index (Phi) is 1.57. The van der Waals surface area contributed by atoms with Crippen molar-refractivity contribution in [1.29, 1.82) is 0 Å². The lowest BCUT2D eigenvalue weighted by atomic mass is 10.4. The lowest BCUT2D eigenvalue weighted by Crippen LogP contribution is -1.88. The molecule has 0 spiro atoms. The second-order valence-electron chi connectivity index (χ2n) is 1.72. The van der Waals surface area contributed by atoms with Gasteiger partial charge in [0, 0.05) is 0 Å². The van der Waals surface area contributed by atoms with Gasteiger partial charge in [0.2, 0.25) is 0 Å². The highest BCUT2D eigenvalue weighted by atomic mass is 32.1. The van der Waals surface area contributed by atoms with E-state index in [-0.39, 0.29) is 0 Å². The van der Waals surface area contributed by atoms with Crippen molar-refractivity contribution in [2.24, 2.45) is 0 Å². The van der Waals surface area contributed by atoms with E-state index in [2.05, 4.69) is 4.98 Å². The van der Waals surface area contributed by atoms with E-state index >= 15 is 0 Å². The van der Waals surface area contributed by atoms with Crippen LogP contribution in [0, 0.1) is 0 Å². The fraction of sp³-hybridized carbons (Fsp3) is 0.400. The van der Waals surface area contributed by atoms with E-state index in [0.29, 0.717) is 5.13 Å². The fourth-order valence-corrected chi connectivity index (χ4v) is 1.32. The molecule has 0 radical (unpaired) electrons. The third-order valence-electron chi connectivity index (χ3n) is 1.08. The Morgan fingerprint density at radius 2 is 2.22 bits per heavy atom. The smallest absolute Gasteiger partial charge is 0.182 e. The van der Waals surface area contributed by atoms with Gasteiger partial charge in [0.1, 0.15) is 5.00 Å². The first-order chi connectivity index (χ1) is 4.24. The van der Waals surface area contributed by atoms with Gasteiger partial charge in [0.15, 0.2) is 5.13 Å². The van der Waals surface area contributed by atoms with E-state index in [1.165, 1.54) is 11.3 Å². The van der Waals surface area contributed by atoms with E-state index in [1.54, 1.807) is 0 Å². The summed E-state index contributed by atoms with van der Waals surface area (Å²) in [7, 11) is 0. The molecule has 1 rings (SSSR count). The number of aryl methyl sites for hydroxylation is 1. The summed E-state index contributed by atoms with van der Waals surface area (Å²) in [6.07, 6.45) is 0.861. The van der Waals surface area contributed by atoms with Crippen LogP contribution in [0.2, 0.25) is 0 Å². The van der Waals surface area contributed by atoms with Crippen LogP contribution in [0.5, 0.6) is 0 Å². The van der Waals surface area contributed by atoms with Crippen LogP contribution in [0.4, 0.5) is 10.1 Å². The average molecular weight is 143 g/mol. The first-order valence-electron chi connectivity index (χ1n) is 2.74. The first kappa shape index (κ1) is 6.35. The monoisotopic (exact) mass is 143 g/mol. The number of nitrogen functional groups attached to an aromatic ring is 2. The number of nitrogens with two attached hydrogens (primary N) is 2. The van der Waals surface area contributed by atoms with Crippen molar-refractivity contribution >= 4 is 21.5 Å². The van der Waals surface area contributed by atoms with Crippen LogP contribution in [-0.2, 0) is 6.42 Å². The van der Waals surface area contributed by atoms with Crippen LogP contribution >= 0.6 is 11.3 Å². The van der Waals surface area contributed by atoms with Gasteiger partial charge in [0.25, 0.3) is 0 Å². The molecule has 0 atom stereocenters. The summed E-state index contributed by atoms with van der Waals surface area (Å²) < 4.78 is 0. The predicted octanol–water partition coefficient (Wildman–Crippen LogP) is 0.870. The minimum absolute atomic E-state index is 0.560. The van der Waals surface area contributed by atoms with E-state index < -0.39 is 0 Å². The molecule has 0 aliphatic heterocycles. The highest BCUT2D eigenvalue weighted by Crippen LogP contribution is 2.22. The second kappa shape index (κ2) is 2.23. The third kappa shape index (κ3) is 1.13. The molecule has 0 amide bonds. The quantitative estimate of drug-likeness (QED) is 0.613. The summed E-state index contributed by atoms with van der Waals surface area (Å²) >= 11 is 1.34. The molecule has 1 aromatic heterocycles. The minimum atomic E-state index is 0.560. The minimum Gasteiger partial charge on any atom is -0.389 e. The summed E-state index contributed by atoms with van der Waals surface area (Å²) in [4.78, 5) is 4.00. The Morgan fingerprint density at radius 1 is 1.56 bits per heavy atom. The highest BCUT2D eigenvalue weighted by molar-refractivity contribution is 7.19. The van der Waals surface area contributed by atoms with Crippen LogP contribution < -0.4 is 11.5 Å². The van der Waals surface area contributed by atoms with Gasteiger partial charge < -0.3 is 11.5 Å². The summed E-state index contributed by atoms with van der Waals surface area (Å²) in [5.41, 5.74) is 11.8. The zero-order valence-corrected chi connectivity index (χ0v) is 6.03. The SMILES string of the molecule is CCc1nc(N)sc1N. The summed E-state index contributed by atoms with van der Waals surface area (Å²) in [5, 5.41) is 1.30. The predicted molar refractivity (Wildman–Crippen MR) is 40.3 cm³/mol. The Labute approximate surface area is 57.7 Å². The highest BCUT2D eigenvalue weighted by Gasteiger charge is 2.01. The maximum atomic E-state index is 5.53. The molecule has 0 bridgehead atoms. The number of hydrogen-bond acceptors (Lipinski definition) is 4. The molecule has 0 aliphatic rings. The van der Waals surface area contributed by atoms with Crippen molar-refractivity contribution < 1.29 is 0 Å². The number of anilines is 2. The van der Waals surface area contributed by atoms with Crippen molar-refractivity contribution in [1.82, 2.24) is 4.98 Å². The van der Waals surface area contributed by atoms with Gasteiger partial charge in [-0.2, -0.15) is 0 Å². The van der Waals surface area contributed by atoms with E-state index in [4.69, 9.17) is 11.5 Å². The lowest BCUT2D eigenvalue weighted by molar-refractivity contribution is 1.07. The Balaban J connectivity index is 3.01. The maximum Gasteiger partial charge on any atom is 0.182 e. The summed E-state index contributed by atoms with van der Waals surface area (Å²) in [5.74, 6) is 0. The maximum absolute atomic E-state index is 5.53. The molecule has 0 saturated carbocycles. The van der Waals surface area contributed by atoms with Crippen molar-refractivity contribution in [2.45, 2.75) is 13.3 Å². The number of hydrogen-bond donors (Lipinski definition) is 2. The zero-order valence-electron chi connectivity index (χ0n) is 5.22. The van der Waals surface area contributed by atoms with Gasteiger partial charge >= 0.3 is 0 Å². The molecule has 50 valence electrons. The topological polar surface area (TPSA) is 64.9 Å². The first-order valence-corrected chi connectivity index (χ1v) is 3.56. The van der Waals surface area contributed by atoms with Gasteiger partial charge in [-0.05, 0) is 6.42 Å². The van der Waals surface area contributed by atoms with Crippen molar-refractivity contribution in [2.75, 3.05) is 11.5 Å². The second-order valence-corrected chi connectivity index (χ2v) is 2.78. The third-order valence-corrected chi connectivity index (χ3v) is 1.83. The van der Waals surface area contributed by atoms with Crippen LogP contribution in [0.15, 0.2) is 0 Å². The zero-order chi connectivity index (χ0) is 6.85. The molecule has 0 saturated heterocycles. The van der Waals surface area contributed by atoms with Crippen LogP contribution in [-0.4, -0.2) is 4.98 Å². The normalized spacial score (nSPS) is 9.89. The molecule has 0 fully saturated rings. The van der Waals surface area contributed by atoms with E-state index in [1.807, 2.05) is 6.92 Å². The van der Waals surface area contributed by atoms with Gasteiger partial charge in [-0.1, -0.05) is 18.3 Å². The number of thiazole rings is 1. The van der Waals surface area contributed by atoms with Gasteiger partial charge in [0.05, 0.1) is 5.69 Å². The molecule has 4 N–H and O–H groups in total. The van der Waals surface area contributed by atoms with E-state index in [9.17, 15) is 0 Å². The largest absolute Gasteiger partial charge is 0.389 e. The number of aromatic nitrogens is 1. The van der Waals surface area contributed by atoms with Gasteiger partial charge in [-0.3, -0.25) is 0 Å². The van der Waals surface area contributed by atoms with Crippen LogP contribution in [0.3, 0.4) is 0 Å². The average Bonchev–Trinajstić information content (AvgIpc) is 2.10. The van der Waals surface area contributed by atoms with Gasteiger partial charge in [-0.15, -0.1) is 0 Å². The molecule has 1 heterocycles. The number of rotatable bonds is 1. The molecule has 0 aliphatic carbocycles. The molecule has 3 nitrogen and oxygen atoms in total. The van der Waals surface area contributed by atoms with Crippen molar-refractivity contribution in [3.05, 3.63) is 5.69 Å². The molecule has 1 aromatic rings. The van der Waals surface area contributed by atoms with E-state index in [0.717, 1.165) is 17.1 Å². The standard InChI is InChI=1S/C5H9N3S/c1-2-3-4(6)9-5(7)8-3/h2,6H2,1H3,(H2,7,8). The fourth-order valence-electron chi connectivity index (χ4n) is 0.636. The Bertz CT molecular complexity index is 206. The van der Waals surface area contributed by atoms with Crippen LogP contribution in [0.1, 0.15) is 12.6 Å². The molecular weight excluding hydrogens is 134 g/mol. The molecule has 0 unspecified atom stereocenters. The molecule has 0 aromatic carbocycles. The molecular formula is C5H9N3S. The summed E-state index contributed by atoms with van der Waals surface area (Å²) in [6, 6.07) is 0. The lowest BCUT2D eigenvalue weighted by Gasteiger charge is -1.85. The molecule has 4 heteroatoms. The Morgan fingerprint density at radius 3 is 2.44 bits per heavy atom. The van der Waals surface area contributed by atoms with Crippen molar-refractivity contribution in [3.8, 4) is 0 Å². The van der Waals surface area contributed by atoms with Crippen molar-refractivity contribution in [3.63, 3.8) is 0 Å². The van der Waals surface area contributed by atoms with Crippen LogP contribution in [0.25, 0.3) is 0 Å². The summed E-state index contributed by atoms with van der Waals surface area (Å²) in [6.45, 7) is 2.00. The number of nitrogens with zero attached hydrogens (tertiary/aromatic N) is 1. The Hall–Kier alpha value is -0.770. The van der Waals surface area contributed by atoms with Gasteiger partial charge in [-0.25, -0.2) is 4.98 Å². The molecule has 9 heavy (non-hydrogen) atoms.